The molecule has 28 heavy (non-hydrogen) atoms. The molecular weight excluding hydrogens is 416 g/mol. The molecule has 4 rings (SSSR count). The summed E-state index contributed by atoms with van der Waals surface area (Å²) < 4.78 is 3.11. The van der Waals surface area contributed by atoms with Crippen molar-refractivity contribution in [1.29, 1.82) is 0 Å². The summed E-state index contributed by atoms with van der Waals surface area (Å²) in [7, 11) is 0. The van der Waals surface area contributed by atoms with Crippen LogP contribution in [0, 0.1) is 0 Å². The zero-order chi connectivity index (χ0) is 19.3. The molecule has 0 radical (unpaired) electrons. The van der Waals surface area contributed by atoms with Crippen molar-refractivity contribution in [3.05, 3.63) is 83.3 Å². The van der Waals surface area contributed by atoms with Gasteiger partial charge in [-0.25, -0.2) is 9.78 Å². The lowest BCUT2D eigenvalue weighted by Crippen LogP contribution is -2.31. The smallest absolute Gasteiger partial charge is 0.319 e. The minimum atomic E-state index is -0.229. The van der Waals surface area contributed by atoms with Crippen LogP contribution in [0.2, 0.25) is 0 Å². The Hall–Kier alpha value is -3.12. The van der Waals surface area contributed by atoms with Crippen molar-refractivity contribution < 1.29 is 4.79 Å². The summed E-state index contributed by atoms with van der Waals surface area (Å²) in [6, 6.07) is 25.4. The van der Waals surface area contributed by atoms with Crippen molar-refractivity contribution in [1.82, 2.24) is 14.9 Å². The van der Waals surface area contributed by atoms with Crippen LogP contribution in [0.5, 0.6) is 0 Å². The van der Waals surface area contributed by atoms with Crippen molar-refractivity contribution in [2.45, 2.75) is 6.54 Å². The molecule has 0 fully saturated rings. The molecule has 0 aliphatic heterocycles. The minimum Gasteiger partial charge on any atom is -0.336 e. The first-order valence-corrected chi connectivity index (χ1v) is 9.81. The van der Waals surface area contributed by atoms with Crippen LogP contribution >= 0.6 is 15.9 Å². The predicted molar refractivity (Wildman–Crippen MR) is 116 cm³/mol. The number of rotatable bonds is 5. The number of carbonyl (C=O) groups is 1. The van der Waals surface area contributed by atoms with Gasteiger partial charge in [-0.15, -0.1) is 0 Å². The van der Waals surface area contributed by atoms with Crippen LogP contribution in [0.25, 0.3) is 22.4 Å². The summed E-state index contributed by atoms with van der Waals surface area (Å²) in [5.74, 6) is 0.900. The van der Waals surface area contributed by atoms with Crippen molar-refractivity contribution in [3.63, 3.8) is 0 Å². The number of nitrogens with zero attached hydrogens (tertiary/aromatic N) is 2. The van der Waals surface area contributed by atoms with E-state index in [2.05, 4.69) is 37.2 Å². The number of carbonyl (C=O) groups excluding carboxylic acids is 1. The third-order valence-corrected chi connectivity index (χ3v) is 4.94. The SMILES string of the molecule is O=C(NCCn1c(-c2ccccc2)nc2ccccc21)Nc1ccc(Br)cc1. The summed E-state index contributed by atoms with van der Waals surface area (Å²) in [5, 5.41) is 5.75. The Morgan fingerprint density at radius 3 is 2.43 bits per heavy atom. The Kier molecular flexibility index (Phi) is 5.39. The lowest BCUT2D eigenvalue weighted by Gasteiger charge is -2.11. The summed E-state index contributed by atoms with van der Waals surface area (Å²) >= 11 is 3.38. The highest BCUT2D eigenvalue weighted by atomic mass is 79.9. The van der Waals surface area contributed by atoms with Gasteiger partial charge in [-0.1, -0.05) is 58.4 Å². The molecule has 1 heterocycles. The van der Waals surface area contributed by atoms with E-state index >= 15 is 0 Å². The number of nitrogens with one attached hydrogen (secondary N) is 2. The molecule has 0 saturated heterocycles. The van der Waals surface area contributed by atoms with Gasteiger partial charge in [0.2, 0.25) is 0 Å². The fraction of sp³-hybridized carbons (Fsp3) is 0.0909. The Labute approximate surface area is 171 Å². The third-order valence-electron chi connectivity index (χ3n) is 4.41. The van der Waals surface area contributed by atoms with Crippen molar-refractivity contribution >= 4 is 38.7 Å². The first-order valence-electron chi connectivity index (χ1n) is 9.02. The number of amides is 2. The second-order valence-electron chi connectivity index (χ2n) is 6.33. The molecule has 2 amide bonds. The van der Waals surface area contributed by atoms with Gasteiger partial charge in [0.15, 0.2) is 0 Å². The van der Waals surface area contributed by atoms with Crippen LogP contribution in [0.15, 0.2) is 83.3 Å². The molecule has 0 aliphatic carbocycles. The van der Waals surface area contributed by atoms with Gasteiger partial charge < -0.3 is 15.2 Å². The maximum Gasteiger partial charge on any atom is 0.319 e. The summed E-state index contributed by atoms with van der Waals surface area (Å²) in [4.78, 5) is 17.0. The molecule has 4 aromatic rings. The Balaban J connectivity index is 1.48. The highest BCUT2D eigenvalue weighted by Gasteiger charge is 2.12. The quantitative estimate of drug-likeness (QED) is 0.448. The molecule has 0 spiro atoms. The average molecular weight is 435 g/mol. The lowest BCUT2D eigenvalue weighted by atomic mass is 10.2. The average Bonchev–Trinajstić information content (AvgIpc) is 3.09. The molecule has 5 nitrogen and oxygen atoms in total. The highest BCUT2D eigenvalue weighted by Crippen LogP contribution is 2.24. The Bertz CT molecular complexity index is 1090. The van der Waals surface area contributed by atoms with Crippen LogP contribution in [0.4, 0.5) is 10.5 Å². The molecule has 1 aromatic heterocycles. The summed E-state index contributed by atoms with van der Waals surface area (Å²) in [5.41, 5.74) is 3.80. The predicted octanol–water partition coefficient (Wildman–Crippen LogP) is 5.29. The zero-order valence-corrected chi connectivity index (χ0v) is 16.7. The van der Waals surface area contributed by atoms with E-state index in [-0.39, 0.29) is 6.03 Å². The standard InChI is InChI=1S/C22H19BrN4O/c23-17-10-12-18(13-11-17)25-22(28)24-14-15-27-20-9-5-4-8-19(20)26-21(27)16-6-2-1-3-7-16/h1-13H,14-15H2,(H2,24,25,28). The third kappa shape index (κ3) is 4.07. The largest absolute Gasteiger partial charge is 0.336 e. The molecule has 0 aliphatic rings. The van der Waals surface area contributed by atoms with Crippen molar-refractivity contribution in [2.24, 2.45) is 0 Å². The van der Waals surface area contributed by atoms with Crippen LogP contribution < -0.4 is 10.6 Å². The maximum absolute atomic E-state index is 12.2. The maximum atomic E-state index is 12.2. The number of halogens is 1. The Morgan fingerprint density at radius 1 is 0.929 bits per heavy atom. The topological polar surface area (TPSA) is 59.0 Å². The number of hydrogen-bond acceptors (Lipinski definition) is 2. The number of benzene rings is 3. The molecule has 0 bridgehead atoms. The molecule has 0 saturated carbocycles. The van der Waals surface area contributed by atoms with E-state index in [1.54, 1.807) is 0 Å². The first-order chi connectivity index (χ1) is 13.7. The lowest BCUT2D eigenvalue weighted by molar-refractivity contribution is 0.251. The van der Waals surface area contributed by atoms with E-state index in [9.17, 15) is 4.79 Å². The highest BCUT2D eigenvalue weighted by molar-refractivity contribution is 9.10. The van der Waals surface area contributed by atoms with Gasteiger partial charge in [-0.05, 0) is 36.4 Å². The second-order valence-corrected chi connectivity index (χ2v) is 7.25. The molecule has 2 N–H and O–H groups in total. The normalized spacial score (nSPS) is 10.8. The van der Waals surface area contributed by atoms with Crippen molar-refractivity contribution in [2.75, 3.05) is 11.9 Å². The van der Waals surface area contributed by atoms with E-state index in [4.69, 9.17) is 4.98 Å². The van der Waals surface area contributed by atoms with Gasteiger partial charge in [-0.2, -0.15) is 0 Å². The first kappa shape index (κ1) is 18.3. The fourth-order valence-corrected chi connectivity index (χ4v) is 3.36. The van der Waals surface area contributed by atoms with Gasteiger partial charge >= 0.3 is 6.03 Å². The van der Waals surface area contributed by atoms with Gasteiger partial charge in [0, 0.05) is 28.8 Å². The number of hydrogen-bond donors (Lipinski definition) is 2. The van der Waals surface area contributed by atoms with Crippen molar-refractivity contribution in [3.8, 4) is 11.4 Å². The second kappa shape index (κ2) is 8.27. The van der Waals surface area contributed by atoms with Crippen LogP contribution in [0.1, 0.15) is 0 Å². The number of anilines is 1. The number of aromatic nitrogens is 2. The summed E-state index contributed by atoms with van der Waals surface area (Å²) in [6.45, 7) is 1.11. The molecule has 140 valence electrons. The van der Waals surface area contributed by atoms with Gasteiger partial charge in [0.1, 0.15) is 5.82 Å². The van der Waals surface area contributed by atoms with Crippen LogP contribution in [-0.4, -0.2) is 22.1 Å². The number of fused-ring (bicyclic) bond motifs is 1. The number of imidazole rings is 1. The van der Waals surface area contributed by atoms with Gasteiger partial charge in [0.25, 0.3) is 0 Å². The van der Waals surface area contributed by atoms with E-state index in [0.29, 0.717) is 13.1 Å². The summed E-state index contributed by atoms with van der Waals surface area (Å²) in [6.07, 6.45) is 0. The minimum absolute atomic E-state index is 0.229. The van der Waals surface area contributed by atoms with Crippen LogP contribution in [-0.2, 0) is 6.54 Å². The van der Waals surface area contributed by atoms with Gasteiger partial charge in [0.05, 0.1) is 11.0 Å². The van der Waals surface area contributed by atoms with E-state index < -0.39 is 0 Å². The van der Waals surface area contributed by atoms with Crippen LogP contribution in [0.3, 0.4) is 0 Å². The zero-order valence-electron chi connectivity index (χ0n) is 15.1. The van der Waals surface area contributed by atoms with E-state index in [1.807, 2.05) is 72.8 Å². The molecule has 6 heteroatoms. The monoisotopic (exact) mass is 434 g/mol. The van der Waals surface area contributed by atoms with E-state index in [0.717, 1.165) is 32.6 Å². The molecular formula is C22H19BrN4O. The molecule has 3 aromatic carbocycles. The molecule has 0 atom stereocenters. The van der Waals surface area contributed by atoms with E-state index in [1.165, 1.54) is 0 Å². The fourth-order valence-electron chi connectivity index (χ4n) is 3.10. The molecule has 0 unspecified atom stereocenters. The number of para-hydroxylation sites is 2. The number of urea groups is 1. The Morgan fingerprint density at radius 2 is 1.64 bits per heavy atom. The van der Waals surface area contributed by atoms with Gasteiger partial charge in [-0.3, -0.25) is 0 Å².